The van der Waals surface area contributed by atoms with E-state index in [0.717, 1.165) is 24.8 Å². The van der Waals surface area contributed by atoms with Gasteiger partial charge in [-0.25, -0.2) is 4.79 Å². The zero-order valence-electron chi connectivity index (χ0n) is 16.2. The Hall–Kier alpha value is -2.03. The van der Waals surface area contributed by atoms with Crippen LogP contribution in [0.3, 0.4) is 0 Å². The van der Waals surface area contributed by atoms with Gasteiger partial charge in [0.05, 0.1) is 5.56 Å². The summed E-state index contributed by atoms with van der Waals surface area (Å²) in [6.07, 6.45) is 8.46. The molecule has 3 heteroatoms. The second-order valence-electron chi connectivity index (χ2n) is 7.46. The van der Waals surface area contributed by atoms with Crippen molar-refractivity contribution in [3.8, 4) is 5.75 Å². The van der Waals surface area contributed by atoms with Crippen molar-refractivity contribution in [1.29, 1.82) is 0 Å². The van der Waals surface area contributed by atoms with Gasteiger partial charge in [0.1, 0.15) is 5.75 Å². The first-order valence-corrected chi connectivity index (χ1v) is 9.07. The Bertz CT molecular complexity index is 647. The molecule has 0 aromatic heterocycles. The molecule has 0 saturated heterocycles. The first-order chi connectivity index (χ1) is 11.7. The Morgan fingerprint density at radius 3 is 2.32 bits per heavy atom. The maximum atomic E-state index is 11.4. The number of rotatable bonds is 9. The quantitative estimate of drug-likeness (QED) is 0.547. The molecule has 0 amide bonds. The van der Waals surface area contributed by atoms with Crippen LogP contribution in [0.25, 0.3) is 0 Å². The second-order valence-corrected chi connectivity index (χ2v) is 7.46. The van der Waals surface area contributed by atoms with E-state index in [4.69, 9.17) is 0 Å². The first-order valence-electron chi connectivity index (χ1n) is 9.07. The van der Waals surface area contributed by atoms with Crippen molar-refractivity contribution in [2.24, 2.45) is 5.92 Å². The standard InChI is InChI=1S/C22H32O3/c1-15(2)7-6-8-17(5)10-12-19-14-20(22(24)25)13-18(21(19)23)11-9-16(3)4/h7,10,13-14,16,23H,6,8-9,11-12H2,1-5H3,(H,24,25)/b17-10+. The number of phenols is 1. The first kappa shape index (κ1) is 21.0. The molecule has 0 bridgehead atoms. The predicted molar refractivity (Wildman–Crippen MR) is 104 cm³/mol. The second kappa shape index (κ2) is 10.1. The lowest BCUT2D eigenvalue weighted by Gasteiger charge is -2.12. The molecule has 0 atom stereocenters. The Morgan fingerprint density at radius 2 is 1.76 bits per heavy atom. The number of aryl methyl sites for hydroxylation is 1. The molecule has 1 aromatic rings. The predicted octanol–water partition coefficient (Wildman–Crippen LogP) is 5.91. The molecule has 0 heterocycles. The van der Waals surface area contributed by atoms with E-state index in [1.54, 1.807) is 12.1 Å². The van der Waals surface area contributed by atoms with Gasteiger partial charge in [0, 0.05) is 0 Å². The fraction of sp³-hybridized carbons (Fsp3) is 0.500. The summed E-state index contributed by atoms with van der Waals surface area (Å²) in [4.78, 5) is 11.4. The fourth-order valence-electron chi connectivity index (χ4n) is 2.65. The molecule has 2 N–H and O–H groups in total. The van der Waals surface area contributed by atoms with E-state index in [9.17, 15) is 15.0 Å². The highest BCUT2D eigenvalue weighted by atomic mass is 16.4. The van der Waals surface area contributed by atoms with Crippen molar-refractivity contribution < 1.29 is 15.0 Å². The van der Waals surface area contributed by atoms with E-state index >= 15 is 0 Å². The summed E-state index contributed by atoms with van der Waals surface area (Å²) in [5, 5.41) is 19.9. The zero-order valence-corrected chi connectivity index (χ0v) is 16.2. The Balaban J connectivity index is 2.96. The number of carboxylic acids is 1. The van der Waals surface area contributed by atoms with Gasteiger partial charge in [-0.15, -0.1) is 0 Å². The van der Waals surface area contributed by atoms with Crippen LogP contribution in [-0.4, -0.2) is 16.2 Å². The normalized spacial score (nSPS) is 11.7. The highest BCUT2D eigenvalue weighted by Gasteiger charge is 2.13. The van der Waals surface area contributed by atoms with Gasteiger partial charge in [-0.1, -0.05) is 37.1 Å². The van der Waals surface area contributed by atoms with E-state index in [0.29, 0.717) is 24.3 Å². The number of allylic oxidation sites excluding steroid dienone is 4. The van der Waals surface area contributed by atoms with E-state index in [-0.39, 0.29) is 11.3 Å². The average Bonchev–Trinajstić information content (AvgIpc) is 2.51. The molecular formula is C22H32O3. The van der Waals surface area contributed by atoms with Crippen molar-refractivity contribution in [1.82, 2.24) is 0 Å². The van der Waals surface area contributed by atoms with E-state index in [1.165, 1.54) is 11.1 Å². The van der Waals surface area contributed by atoms with Gasteiger partial charge >= 0.3 is 5.97 Å². The molecule has 0 radical (unpaired) electrons. The number of hydrogen-bond acceptors (Lipinski definition) is 2. The van der Waals surface area contributed by atoms with Crippen LogP contribution in [0.15, 0.2) is 35.4 Å². The largest absolute Gasteiger partial charge is 0.507 e. The third kappa shape index (κ3) is 7.59. The highest BCUT2D eigenvalue weighted by Crippen LogP contribution is 2.28. The molecule has 1 rings (SSSR count). The molecule has 0 fully saturated rings. The van der Waals surface area contributed by atoms with E-state index < -0.39 is 5.97 Å². The number of carboxylic acid groups (broad SMARTS) is 1. The van der Waals surface area contributed by atoms with Crippen molar-refractivity contribution >= 4 is 5.97 Å². The summed E-state index contributed by atoms with van der Waals surface area (Å²) in [6, 6.07) is 3.20. The molecule has 0 aliphatic carbocycles. The molecule has 25 heavy (non-hydrogen) atoms. The summed E-state index contributed by atoms with van der Waals surface area (Å²) in [5.74, 6) is -0.191. The topological polar surface area (TPSA) is 57.5 Å². The number of aromatic hydroxyl groups is 1. The molecular weight excluding hydrogens is 312 g/mol. The number of aromatic carboxylic acids is 1. The SMILES string of the molecule is CC(C)=CCC/C(C)=C/Cc1cc(C(=O)O)cc(CCC(C)C)c1O. The fourth-order valence-corrected chi connectivity index (χ4v) is 2.65. The Morgan fingerprint density at radius 1 is 1.12 bits per heavy atom. The van der Waals surface area contributed by atoms with Crippen LogP contribution in [0, 0.1) is 5.92 Å². The molecule has 0 saturated carbocycles. The van der Waals surface area contributed by atoms with Crippen molar-refractivity contribution in [3.05, 3.63) is 52.1 Å². The molecule has 1 aromatic carbocycles. The van der Waals surface area contributed by atoms with Gasteiger partial charge in [-0.05, 0) is 82.1 Å². The minimum atomic E-state index is -0.948. The van der Waals surface area contributed by atoms with Crippen molar-refractivity contribution in [2.75, 3.05) is 0 Å². The maximum Gasteiger partial charge on any atom is 0.335 e. The van der Waals surface area contributed by atoms with Crippen LogP contribution in [0.4, 0.5) is 0 Å². The molecule has 0 aliphatic heterocycles. The van der Waals surface area contributed by atoms with Crippen LogP contribution in [0.5, 0.6) is 5.75 Å². The highest BCUT2D eigenvalue weighted by molar-refractivity contribution is 5.88. The van der Waals surface area contributed by atoms with Crippen LogP contribution in [-0.2, 0) is 12.8 Å². The number of phenolic OH excluding ortho intramolecular Hbond substituents is 1. The Kier molecular flexibility index (Phi) is 8.47. The smallest absolute Gasteiger partial charge is 0.335 e. The lowest BCUT2D eigenvalue weighted by atomic mass is 9.95. The molecule has 0 spiro atoms. The monoisotopic (exact) mass is 344 g/mol. The number of benzene rings is 1. The van der Waals surface area contributed by atoms with Crippen LogP contribution in [0.1, 0.15) is 75.4 Å². The third-order valence-corrected chi connectivity index (χ3v) is 4.27. The van der Waals surface area contributed by atoms with Gasteiger partial charge < -0.3 is 10.2 Å². The van der Waals surface area contributed by atoms with Gasteiger partial charge in [-0.2, -0.15) is 0 Å². The molecule has 0 aliphatic rings. The summed E-state index contributed by atoms with van der Waals surface area (Å²) in [6.45, 7) is 10.5. The lowest BCUT2D eigenvalue weighted by molar-refractivity contribution is 0.0696. The van der Waals surface area contributed by atoms with Crippen LogP contribution >= 0.6 is 0 Å². The lowest BCUT2D eigenvalue weighted by Crippen LogP contribution is -2.02. The summed E-state index contributed by atoms with van der Waals surface area (Å²) < 4.78 is 0. The van der Waals surface area contributed by atoms with E-state index in [1.807, 2.05) is 0 Å². The maximum absolute atomic E-state index is 11.4. The third-order valence-electron chi connectivity index (χ3n) is 4.27. The van der Waals surface area contributed by atoms with Gasteiger partial charge in [0.2, 0.25) is 0 Å². The van der Waals surface area contributed by atoms with Crippen molar-refractivity contribution in [3.63, 3.8) is 0 Å². The van der Waals surface area contributed by atoms with E-state index in [2.05, 4.69) is 46.8 Å². The minimum absolute atomic E-state index is 0.249. The average molecular weight is 344 g/mol. The molecule has 0 unspecified atom stereocenters. The van der Waals surface area contributed by atoms with Gasteiger partial charge in [0.25, 0.3) is 0 Å². The minimum Gasteiger partial charge on any atom is -0.507 e. The van der Waals surface area contributed by atoms with Crippen LogP contribution in [0.2, 0.25) is 0 Å². The molecule has 138 valence electrons. The van der Waals surface area contributed by atoms with Crippen LogP contribution < -0.4 is 0 Å². The number of carbonyl (C=O) groups is 1. The summed E-state index contributed by atoms with van der Waals surface area (Å²) >= 11 is 0. The number of hydrogen-bond donors (Lipinski definition) is 2. The summed E-state index contributed by atoms with van der Waals surface area (Å²) in [7, 11) is 0. The van der Waals surface area contributed by atoms with Gasteiger partial charge in [-0.3, -0.25) is 0 Å². The van der Waals surface area contributed by atoms with Gasteiger partial charge in [0.15, 0.2) is 0 Å². The zero-order chi connectivity index (χ0) is 19.0. The molecule has 3 nitrogen and oxygen atoms in total. The van der Waals surface area contributed by atoms with Crippen molar-refractivity contribution in [2.45, 2.75) is 66.7 Å². The summed E-state index contributed by atoms with van der Waals surface area (Å²) in [5.41, 5.74) is 4.25. The Labute approximate surface area is 152 Å².